The van der Waals surface area contributed by atoms with Crippen molar-refractivity contribution in [3.8, 4) is 0 Å². The van der Waals surface area contributed by atoms with Crippen molar-refractivity contribution >= 4 is 33.5 Å². The smallest absolute Gasteiger partial charge is 0.258 e. The van der Waals surface area contributed by atoms with E-state index in [2.05, 4.69) is 41.4 Å². The molecule has 0 radical (unpaired) electrons. The molecule has 23 heavy (non-hydrogen) atoms. The molecule has 0 bridgehead atoms. The quantitative estimate of drug-likeness (QED) is 0.809. The molecule has 0 aliphatic heterocycles. The van der Waals surface area contributed by atoms with Gasteiger partial charge in [0.2, 0.25) is 5.95 Å². The van der Waals surface area contributed by atoms with Gasteiger partial charge in [-0.3, -0.25) is 4.79 Å². The van der Waals surface area contributed by atoms with Crippen molar-refractivity contribution in [1.82, 2.24) is 14.9 Å². The van der Waals surface area contributed by atoms with Crippen LogP contribution in [0.5, 0.6) is 0 Å². The molecule has 0 unspecified atom stereocenters. The summed E-state index contributed by atoms with van der Waals surface area (Å²) in [7, 11) is 4.00. The van der Waals surface area contributed by atoms with Gasteiger partial charge in [-0.05, 0) is 38.7 Å². The van der Waals surface area contributed by atoms with E-state index in [0.717, 1.165) is 28.8 Å². The average Bonchev–Trinajstić information content (AvgIpc) is 2.51. The number of halogens is 1. The van der Waals surface area contributed by atoms with Crippen molar-refractivity contribution in [2.24, 2.45) is 0 Å². The fraction of sp³-hybridized carbons (Fsp3) is 0.312. The summed E-state index contributed by atoms with van der Waals surface area (Å²) in [6.07, 6.45) is 3.03. The van der Waals surface area contributed by atoms with E-state index in [1.54, 1.807) is 0 Å². The molecule has 122 valence electrons. The van der Waals surface area contributed by atoms with Gasteiger partial charge in [0, 0.05) is 35.6 Å². The Kier molecular flexibility index (Phi) is 6.06. The predicted molar refractivity (Wildman–Crippen MR) is 95.9 cm³/mol. The van der Waals surface area contributed by atoms with E-state index in [9.17, 15) is 4.79 Å². The summed E-state index contributed by atoms with van der Waals surface area (Å²) in [5.74, 6) is 0.280. The molecule has 1 amide bonds. The molecule has 0 saturated heterocycles. The molecule has 6 nitrogen and oxygen atoms in total. The van der Waals surface area contributed by atoms with Crippen LogP contribution in [-0.2, 0) is 0 Å². The van der Waals surface area contributed by atoms with Gasteiger partial charge in [-0.25, -0.2) is 9.97 Å². The van der Waals surface area contributed by atoms with E-state index in [-0.39, 0.29) is 5.91 Å². The van der Waals surface area contributed by atoms with Gasteiger partial charge in [0.05, 0.1) is 5.56 Å². The highest BCUT2D eigenvalue weighted by molar-refractivity contribution is 9.10. The van der Waals surface area contributed by atoms with Crippen LogP contribution in [-0.4, -0.2) is 48.0 Å². The molecule has 0 fully saturated rings. The number of nitrogens with zero attached hydrogens (tertiary/aromatic N) is 3. The molecule has 1 aromatic carbocycles. The standard InChI is InChI=1S/C16H20BrN5O/c1-11-4-5-13(8-14(11)17)21-15(23)12-9-19-16(20-10-12)18-6-7-22(2)3/h4-5,8-10H,6-7H2,1-3H3,(H,21,23)(H,18,19,20). The minimum absolute atomic E-state index is 0.236. The van der Waals surface area contributed by atoms with Gasteiger partial charge in [-0.15, -0.1) is 0 Å². The van der Waals surface area contributed by atoms with Gasteiger partial charge in [-0.1, -0.05) is 22.0 Å². The van der Waals surface area contributed by atoms with E-state index < -0.39 is 0 Å². The Bertz CT molecular complexity index is 673. The van der Waals surface area contributed by atoms with Gasteiger partial charge in [0.25, 0.3) is 5.91 Å². The number of benzene rings is 1. The van der Waals surface area contributed by atoms with Crippen molar-refractivity contribution in [2.75, 3.05) is 37.8 Å². The summed E-state index contributed by atoms with van der Waals surface area (Å²) in [6, 6.07) is 5.66. The Morgan fingerprint density at radius 1 is 1.26 bits per heavy atom. The second-order valence-corrected chi connectivity index (χ2v) is 6.30. The van der Waals surface area contributed by atoms with Crippen LogP contribution >= 0.6 is 15.9 Å². The molecule has 0 saturated carbocycles. The van der Waals surface area contributed by atoms with E-state index >= 15 is 0 Å². The van der Waals surface area contributed by atoms with Crippen LogP contribution in [0.25, 0.3) is 0 Å². The third-order valence-corrected chi connectivity index (χ3v) is 4.04. The van der Waals surface area contributed by atoms with Gasteiger partial charge in [0.15, 0.2) is 0 Å². The number of nitrogens with one attached hydrogen (secondary N) is 2. The molecular weight excluding hydrogens is 358 g/mol. The summed E-state index contributed by atoms with van der Waals surface area (Å²) < 4.78 is 0.951. The summed E-state index contributed by atoms with van der Waals surface area (Å²) >= 11 is 3.45. The molecule has 0 aliphatic rings. The average molecular weight is 378 g/mol. The molecule has 7 heteroatoms. The molecule has 0 spiro atoms. The van der Waals surface area contributed by atoms with E-state index in [1.165, 1.54) is 12.4 Å². The lowest BCUT2D eigenvalue weighted by Gasteiger charge is -2.10. The Hall–Kier alpha value is -1.99. The van der Waals surface area contributed by atoms with Crippen molar-refractivity contribution < 1.29 is 4.79 Å². The first-order valence-electron chi connectivity index (χ1n) is 7.24. The van der Waals surface area contributed by atoms with Crippen LogP contribution < -0.4 is 10.6 Å². The zero-order valence-corrected chi connectivity index (χ0v) is 15.0. The van der Waals surface area contributed by atoms with Gasteiger partial charge >= 0.3 is 0 Å². The fourth-order valence-corrected chi connectivity index (χ4v) is 2.18. The maximum atomic E-state index is 12.2. The fourth-order valence-electron chi connectivity index (χ4n) is 1.80. The van der Waals surface area contributed by atoms with Crippen molar-refractivity contribution in [3.05, 3.63) is 46.2 Å². The molecule has 2 aromatic rings. The first-order chi connectivity index (χ1) is 11.0. The van der Waals surface area contributed by atoms with Crippen LogP contribution in [0.4, 0.5) is 11.6 Å². The van der Waals surface area contributed by atoms with Crippen LogP contribution in [0.15, 0.2) is 35.1 Å². The van der Waals surface area contributed by atoms with Crippen LogP contribution in [0.3, 0.4) is 0 Å². The zero-order valence-electron chi connectivity index (χ0n) is 13.4. The molecule has 2 rings (SSSR count). The Morgan fingerprint density at radius 2 is 1.96 bits per heavy atom. The number of hydrogen-bond donors (Lipinski definition) is 2. The van der Waals surface area contributed by atoms with E-state index in [1.807, 2.05) is 39.2 Å². The molecular formula is C16H20BrN5O. The second kappa shape index (κ2) is 8.03. The van der Waals surface area contributed by atoms with Crippen LogP contribution in [0.1, 0.15) is 15.9 Å². The highest BCUT2D eigenvalue weighted by Crippen LogP contribution is 2.21. The number of hydrogen-bond acceptors (Lipinski definition) is 5. The third-order valence-electron chi connectivity index (χ3n) is 3.19. The lowest BCUT2D eigenvalue weighted by molar-refractivity contribution is 0.102. The number of anilines is 2. The SMILES string of the molecule is Cc1ccc(NC(=O)c2cnc(NCCN(C)C)nc2)cc1Br. The van der Waals surface area contributed by atoms with Gasteiger partial charge < -0.3 is 15.5 Å². The van der Waals surface area contributed by atoms with E-state index in [4.69, 9.17) is 0 Å². The number of carbonyl (C=O) groups is 1. The van der Waals surface area contributed by atoms with Crippen molar-refractivity contribution in [2.45, 2.75) is 6.92 Å². The highest BCUT2D eigenvalue weighted by atomic mass is 79.9. The number of aromatic nitrogens is 2. The Morgan fingerprint density at radius 3 is 2.57 bits per heavy atom. The Balaban J connectivity index is 1.95. The van der Waals surface area contributed by atoms with Crippen molar-refractivity contribution in [1.29, 1.82) is 0 Å². The van der Waals surface area contributed by atoms with E-state index in [0.29, 0.717) is 11.5 Å². The number of amides is 1. The largest absolute Gasteiger partial charge is 0.353 e. The summed E-state index contributed by atoms with van der Waals surface area (Å²) in [5.41, 5.74) is 2.25. The predicted octanol–water partition coefficient (Wildman–Crippen LogP) is 2.77. The lowest BCUT2D eigenvalue weighted by atomic mass is 10.2. The summed E-state index contributed by atoms with van der Waals surface area (Å²) in [4.78, 5) is 22.6. The molecule has 2 N–H and O–H groups in total. The maximum Gasteiger partial charge on any atom is 0.258 e. The first kappa shape index (κ1) is 17.4. The summed E-state index contributed by atoms with van der Waals surface area (Å²) in [6.45, 7) is 3.62. The molecule has 1 aromatic heterocycles. The minimum atomic E-state index is -0.236. The number of likely N-dealkylation sites (N-methyl/N-ethyl adjacent to an activating group) is 1. The van der Waals surface area contributed by atoms with Gasteiger partial charge in [0.1, 0.15) is 0 Å². The molecule has 0 aliphatic carbocycles. The molecule has 1 heterocycles. The topological polar surface area (TPSA) is 70.2 Å². The second-order valence-electron chi connectivity index (χ2n) is 5.44. The summed E-state index contributed by atoms with van der Waals surface area (Å²) in [5, 5.41) is 5.93. The first-order valence-corrected chi connectivity index (χ1v) is 8.03. The minimum Gasteiger partial charge on any atom is -0.353 e. The van der Waals surface area contributed by atoms with Crippen LogP contribution in [0, 0.1) is 6.92 Å². The highest BCUT2D eigenvalue weighted by Gasteiger charge is 2.08. The monoisotopic (exact) mass is 377 g/mol. The normalized spacial score (nSPS) is 10.7. The number of carbonyl (C=O) groups excluding carboxylic acids is 1. The van der Waals surface area contributed by atoms with Gasteiger partial charge in [-0.2, -0.15) is 0 Å². The molecule has 0 atom stereocenters. The number of aryl methyl sites for hydroxylation is 1. The Labute approximate surface area is 144 Å². The zero-order chi connectivity index (χ0) is 16.8. The number of rotatable bonds is 6. The van der Waals surface area contributed by atoms with Crippen LogP contribution in [0.2, 0.25) is 0 Å². The third kappa shape index (κ3) is 5.30. The maximum absolute atomic E-state index is 12.2. The van der Waals surface area contributed by atoms with Crippen molar-refractivity contribution in [3.63, 3.8) is 0 Å². The lowest BCUT2D eigenvalue weighted by Crippen LogP contribution is -2.21.